The monoisotopic (exact) mass is 399 g/mol. The third-order valence-corrected chi connectivity index (χ3v) is 4.90. The first-order valence-electron chi connectivity index (χ1n) is 9.51. The number of aryl methyl sites for hydroxylation is 1. The molecule has 0 bridgehead atoms. The van der Waals surface area contributed by atoms with Crippen molar-refractivity contribution in [3.05, 3.63) is 69.8 Å². The second kappa shape index (κ2) is 7.12. The first-order valence-corrected chi connectivity index (χ1v) is 9.51. The van der Waals surface area contributed by atoms with Crippen molar-refractivity contribution in [2.75, 3.05) is 0 Å². The highest BCUT2D eigenvalue weighted by Gasteiger charge is 2.24. The number of nitrogens with zero attached hydrogens (tertiary/aromatic N) is 5. The number of hydrogen-bond acceptors (Lipinski definition) is 5. The van der Waals surface area contributed by atoms with Crippen molar-refractivity contribution in [3.63, 3.8) is 0 Å². The van der Waals surface area contributed by atoms with E-state index in [4.69, 9.17) is 0 Å². The second-order valence-electron chi connectivity index (χ2n) is 8.08. The fourth-order valence-electron chi connectivity index (χ4n) is 3.38. The molecule has 4 aromatic rings. The van der Waals surface area contributed by atoms with Crippen molar-refractivity contribution < 1.29 is 0 Å². The Morgan fingerprint density at radius 1 is 1.10 bits per heavy atom. The quantitative estimate of drug-likeness (QED) is 0.476. The van der Waals surface area contributed by atoms with Crippen molar-refractivity contribution in [2.24, 2.45) is 10.2 Å². The summed E-state index contributed by atoms with van der Waals surface area (Å²) in [5, 5.41) is 29.8. The average molecular weight is 399 g/mol. The van der Waals surface area contributed by atoms with Crippen LogP contribution in [0.5, 0.6) is 0 Å². The Kier molecular flexibility index (Phi) is 4.59. The van der Waals surface area contributed by atoms with Crippen molar-refractivity contribution >= 4 is 22.3 Å². The second-order valence-corrected chi connectivity index (χ2v) is 8.08. The normalized spacial score (nSPS) is 12.0. The molecule has 2 aromatic carbocycles. The molecule has 0 atom stereocenters. The van der Waals surface area contributed by atoms with Crippen molar-refractivity contribution in [1.29, 1.82) is 5.26 Å². The number of hydrogen-bond donors (Lipinski definition) is 2. The van der Waals surface area contributed by atoms with Gasteiger partial charge < -0.3 is 0 Å². The van der Waals surface area contributed by atoms with Crippen molar-refractivity contribution in [2.45, 2.75) is 33.1 Å². The molecule has 8 heteroatoms. The molecule has 0 aliphatic carbocycles. The average Bonchev–Trinajstić information content (AvgIpc) is 3.26. The maximum Gasteiger partial charge on any atom is 0.299 e. The van der Waals surface area contributed by atoms with Crippen LogP contribution in [-0.2, 0) is 5.41 Å². The van der Waals surface area contributed by atoms with Gasteiger partial charge in [-0.25, -0.2) is 4.68 Å². The summed E-state index contributed by atoms with van der Waals surface area (Å²) in [7, 11) is 0. The van der Waals surface area contributed by atoms with E-state index in [1.54, 1.807) is 6.92 Å². The third kappa shape index (κ3) is 3.20. The van der Waals surface area contributed by atoms with Crippen LogP contribution in [0.15, 0.2) is 57.5 Å². The van der Waals surface area contributed by atoms with Gasteiger partial charge in [-0.15, -0.1) is 10.2 Å². The van der Waals surface area contributed by atoms with Gasteiger partial charge in [-0.2, -0.15) is 10.4 Å². The molecule has 2 N–H and O–H groups in total. The van der Waals surface area contributed by atoms with Gasteiger partial charge in [0, 0.05) is 10.8 Å². The minimum atomic E-state index is -0.322. The predicted molar refractivity (Wildman–Crippen MR) is 115 cm³/mol. The summed E-state index contributed by atoms with van der Waals surface area (Å²) in [6.07, 6.45) is 0. The van der Waals surface area contributed by atoms with E-state index < -0.39 is 0 Å². The minimum Gasteiger partial charge on any atom is -0.293 e. The lowest BCUT2D eigenvalue weighted by Gasteiger charge is -2.15. The van der Waals surface area contributed by atoms with Crippen LogP contribution in [0.2, 0.25) is 0 Å². The zero-order valence-electron chi connectivity index (χ0n) is 17.2. The van der Waals surface area contributed by atoms with Crippen LogP contribution in [0.4, 0.5) is 11.5 Å². The highest BCUT2D eigenvalue weighted by atomic mass is 16.1. The molecule has 0 radical (unpaired) electrons. The Morgan fingerprint density at radius 3 is 2.57 bits per heavy atom. The number of fused-ring (bicyclic) bond motifs is 1. The molecular formula is C22H21N7O. The Labute approximate surface area is 172 Å². The topological polar surface area (TPSA) is 115 Å². The summed E-state index contributed by atoms with van der Waals surface area (Å²) >= 11 is 0. The summed E-state index contributed by atoms with van der Waals surface area (Å²) in [6, 6.07) is 15.7. The van der Waals surface area contributed by atoms with Crippen LogP contribution < -0.4 is 5.56 Å². The first-order chi connectivity index (χ1) is 14.3. The van der Waals surface area contributed by atoms with Crippen LogP contribution >= 0.6 is 0 Å². The molecule has 0 spiro atoms. The highest BCUT2D eigenvalue weighted by Crippen LogP contribution is 2.30. The number of nitrogens with one attached hydrogen (secondary N) is 2. The standard InChI is InChI=1S/C22H21N7O/c1-13-18(24-26-20-16(12-23)19(25-27-20)22(2,3)4)21(30)29(28-13)17-11-7-9-14-8-5-6-10-15(14)17/h5-11,28H,1-4H3,(H,25,27). The first kappa shape index (κ1) is 19.3. The van der Waals surface area contributed by atoms with Crippen LogP contribution in [-0.4, -0.2) is 20.0 Å². The van der Waals surface area contributed by atoms with Gasteiger partial charge in [0.1, 0.15) is 11.6 Å². The van der Waals surface area contributed by atoms with Crippen LogP contribution in [0.25, 0.3) is 16.5 Å². The molecule has 0 fully saturated rings. The summed E-state index contributed by atoms with van der Waals surface area (Å²) < 4.78 is 1.46. The number of aromatic nitrogens is 4. The van der Waals surface area contributed by atoms with E-state index in [-0.39, 0.29) is 22.5 Å². The van der Waals surface area contributed by atoms with Gasteiger partial charge in [0.05, 0.1) is 17.1 Å². The van der Waals surface area contributed by atoms with Gasteiger partial charge in [-0.05, 0) is 18.4 Å². The van der Waals surface area contributed by atoms with Crippen LogP contribution in [0.1, 0.15) is 37.7 Å². The van der Waals surface area contributed by atoms with E-state index in [1.807, 2.05) is 63.2 Å². The van der Waals surface area contributed by atoms with E-state index in [0.717, 1.165) is 16.5 Å². The van der Waals surface area contributed by atoms with Crippen LogP contribution in [0.3, 0.4) is 0 Å². The fraction of sp³-hybridized carbons (Fsp3) is 0.227. The van der Waals surface area contributed by atoms with Gasteiger partial charge >= 0.3 is 0 Å². The lowest BCUT2D eigenvalue weighted by molar-refractivity contribution is 0.565. The van der Waals surface area contributed by atoms with Gasteiger partial charge in [0.2, 0.25) is 5.82 Å². The molecule has 0 aliphatic rings. The predicted octanol–water partition coefficient (Wildman–Crippen LogP) is 4.93. The molecule has 0 aliphatic heterocycles. The van der Waals surface area contributed by atoms with E-state index in [0.29, 0.717) is 17.0 Å². The van der Waals surface area contributed by atoms with E-state index >= 15 is 0 Å². The minimum absolute atomic E-state index is 0.166. The summed E-state index contributed by atoms with van der Waals surface area (Å²) in [4.78, 5) is 13.1. The number of benzene rings is 2. The molecule has 2 heterocycles. The molecule has 0 saturated heterocycles. The largest absolute Gasteiger partial charge is 0.299 e. The number of aromatic amines is 2. The number of azo groups is 1. The Morgan fingerprint density at radius 2 is 1.83 bits per heavy atom. The van der Waals surface area contributed by atoms with Crippen molar-refractivity contribution in [1.82, 2.24) is 20.0 Å². The Hall–Kier alpha value is -3.99. The molecule has 0 amide bonds. The fourth-order valence-corrected chi connectivity index (χ4v) is 3.38. The smallest absolute Gasteiger partial charge is 0.293 e. The van der Waals surface area contributed by atoms with Gasteiger partial charge in [0.25, 0.3) is 5.56 Å². The van der Waals surface area contributed by atoms with E-state index in [1.165, 1.54) is 4.68 Å². The number of H-pyrrole nitrogens is 2. The molecule has 2 aromatic heterocycles. The number of rotatable bonds is 3. The summed E-state index contributed by atoms with van der Waals surface area (Å²) in [5.74, 6) is 0.166. The van der Waals surface area contributed by atoms with Gasteiger partial charge in [-0.1, -0.05) is 57.2 Å². The molecule has 30 heavy (non-hydrogen) atoms. The SMILES string of the molecule is Cc1[nH]n(-c2cccc3ccccc23)c(=O)c1N=Nc1n[nH]c(C(C)(C)C)c1C#N. The van der Waals surface area contributed by atoms with Gasteiger partial charge in [-0.3, -0.25) is 15.0 Å². The lowest BCUT2D eigenvalue weighted by Crippen LogP contribution is -2.14. The Bertz CT molecular complexity index is 1370. The molecule has 150 valence electrons. The molecule has 8 nitrogen and oxygen atoms in total. The summed E-state index contributed by atoms with van der Waals surface area (Å²) in [6.45, 7) is 7.68. The number of nitriles is 1. The maximum absolute atomic E-state index is 13.1. The third-order valence-electron chi connectivity index (χ3n) is 4.90. The summed E-state index contributed by atoms with van der Waals surface area (Å²) in [5.41, 5.74) is 1.87. The van der Waals surface area contributed by atoms with E-state index in [9.17, 15) is 10.1 Å². The zero-order chi connectivity index (χ0) is 21.5. The lowest BCUT2D eigenvalue weighted by atomic mass is 9.90. The van der Waals surface area contributed by atoms with Crippen LogP contribution in [0, 0.1) is 18.3 Å². The zero-order valence-corrected chi connectivity index (χ0v) is 17.2. The van der Waals surface area contributed by atoms with Crippen molar-refractivity contribution in [3.8, 4) is 11.8 Å². The van der Waals surface area contributed by atoms with E-state index in [2.05, 4.69) is 31.6 Å². The molecule has 4 rings (SSSR count). The maximum atomic E-state index is 13.1. The van der Waals surface area contributed by atoms with Gasteiger partial charge in [0.15, 0.2) is 5.69 Å². The Balaban J connectivity index is 1.79. The highest BCUT2D eigenvalue weighted by molar-refractivity contribution is 5.90. The molecular weight excluding hydrogens is 378 g/mol. The molecule has 0 saturated carbocycles. The molecule has 0 unspecified atom stereocenters.